The van der Waals surface area contributed by atoms with Crippen molar-refractivity contribution in [2.24, 2.45) is 4.40 Å². The van der Waals surface area contributed by atoms with Gasteiger partial charge in [0.15, 0.2) is 5.84 Å². The lowest BCUT2D eigenvalue weighted by Crippen LogP contribution is -2.26. The molecule has 2 heterocycles. The molecular formula is C21H18N4O3S. The topological polar surface area (TPSA) is 101 Å². The van der Waals surface area contributed by atoms with E-state index in [0.717, 1.165) is 5.56 Å². The summed E-state index contributed by atoms with van der Waals surface area (Å²) in [4.78, 5) is 16.6. The van der Waals surface area contributed by atoms with Gasteiger partial charge in [-0.05, 0) is 61.0 Å². The highest BCUT2D eigenvalue weighted by Gasteiger charge is 2.28. The molecule has 0 saturated carbocycles. The van der Waals surface area contributed by atoms with Gasteiger partial charge in [-0.2, -0.15) is 8.42 Å². The summed E-state index contributed by atoms with van der Waals surface area (Å²) in [6.45, 7) is 1.90. The lowest BCUT2D eigenvalue weighted by Gasteiger charge is -2.14. The predicted octanol–water partition coefficient (Wildman–Crippen LogP) is 3.13. The molecule has 2 N–H and O–H groups in total. The number of amides is 1. The van der Waals surface area contributed by atoms with E-state index in [2.05, 4.69) is 20.0 Å². The number of carbonyl (C=O) groups excluding carboxylic acids is 1. The van der Waals surface area contributed by atoms with Gasteiger partial charge in [0.1, 0.15) is 4.90 Å². The van der Waals surface area contributed by atoms with E-state index >= 15 is 0 Å². The van der Waals surface area contributed by atoms with E-state index in [-0.39, 0.29) is 22.7 Å². The number of nitrogens with one attached hydrogen (secondary N) is 2. The molecule has 0 fully saturated rings. The van der Waals surface area contributed by atoms with E-state index in [1.807, 2.05) is 19.1 Å². The lowest BCUT2D eigenvalue weighted by atomic mass is 10.1. The maximum Gasteiger partial charge on any atom is 0.285 e. The number of carbonyl (C=O) groups is 1. The molecule has 0 radical (unpaired) electrons. The smallest absolute Gasteiger partial charge is 0.285 e. The van der Waals surface area contributed by atoms with Gasteiger partial charge in [0.2, 0.25) is 0 Å². The number of amidine groups is 1. The van der Waals surface area contributed by atoms with E-state index in [1.54, 1.807) is 54.9 Å². The molecule has 1 aromatic heterocycles. The number of rotatable bonds is 4. The highest BCUT2D eigenvalue weighted by Crippen LogP contribution is 2.26. The van der Waals surface area contributed by atoms with E-state index in [9.17, 15) is 13.2 Å². The Labute approximate surface area is 168 Å². The van der Waals surface area contributed by atoms with Crippen LogP contribution in [0.25, 0.3) is 0 Å². The second-order valence-corrected chi connectivity index (χ2v) is 8.16. The number of benzene rings is 2. The van der Waals surface area contributed by atoms with Gasteiger partial charge >= 0.3 is 0 Å². The number of nitrogens with zero attached hydrogens (tertiary/aromatic N) is 2. The van der Waals surface area contributed by atoms with Crippen LogP contribution in [0.1, 0.15) is 34.5 Å². The standard InChI is InChI=1S/C21H18N4O3S/c1-14(15-10-12-22-13-11-15)23-21(26)16-6-8-17(9-7-16)24-20-18-4-2-3-5-19(18)29(27,28)25-20/h2-14H,1H3,(H,23,26)(H,24,25). The number of hydrogen-bond acceptors (Lipinski definition) is 5. The zero-order valence-electron chi connectivity index (χ0n) is 15.5. The van der Waals surface area contributed by atoms with E-state index in [1.165, 1.54) is 6.07 Å². The number of hydrogen-bond donors (Lipinski definition) is 2. The van der Waals surface area contributed by atoms with Crippen molar-refractivity contribution in [3.05, 3.63) is 89.7 Å². The Morgan fingerprint density at radius 3 is 2.38 bits per heavy atom. The molecule has 3 aromatic rings. The first kappa shape index (κ1) is 18.8. The van der Waals surface area contributed by atoms with Gasteiger partial charge in [-0.25, -0.2) is 0 Å². The second kappa shape index (κ2) is 7.48. The van der Waals surface area contributed by atoms with Crippen LogP contribution < -0.4 is 10.6 Å². The number of fused-ring (bicyclic) bond motifs is 1. The van der Waals surface area contributed by atoms with Crippen molar-refractivity contribution in [3.8, 4) is 0 Å². The molecule has 1 unspecified atom stereocenters. The number of sulfonamides is 1. The number of aromatic nitrogens is 1. The molecule has 2 aromatic carbocycles. The van der Waals surface area contributed by atoms with E-state index < -0.39 is 10.0 Å². The monoisotopic (exact) mass is 406 g/mol. The van der Waals surface area contributed by atoms with Gasteiger partial charge in [0, 0.05) is 29.2 Å². The third kappa shape index (κ3) is 3.88. The summed E-state index contributed by atoms with van der Waals surface area (Å²) in [6.07, 6.45) is 3.37. The van der Waals surface area contributed by atoms with E-state index in [0.29, 0.717) is 16.8 Å². The first-order valence-electron chi connectivity index (χ1n) is 8.96. The molecular weight excluding hydrogens is 388 g/mol. The molecule has 0 bridgehead atoms. The summed E-state index contributed by atoms with van der Waals surface area (Å²) in [7, 11) is -3.68. The van der Waals surface area contributed by atoms with Gasteiger partial charge in [-0.15, -0.1) is 4.40 Å². The van der Waals surface area contributed by atoms with Gasteiger partial charge in [0.05, 0.1) is 6.04 Å². The van der Waals surface area contributed by atoms with Crippen LogP contribution in [0.4, 0.5) is 5.69 Å². The van der Waals surface area contributed by atoms with Crippen LogP contribution >= 0.6 is 0 Å². The average Bonchev–Trinajstić information content (AvgIpc) is 2.99. The minimum Gasteiger partial charge on any atom is -0.346 e. The summed E-state index contributed by atoms with van der Waals surface area (Å²) in [5.74, 6) is 0.0658. The summed E-state index contributed by atoms with van der Waals surface area (Å²) in [5, 5.41) is 5.96. The molecule has 29 heavy (non-hydrogen) atoms. The number of pyridine rings is 1. The van der Waals surface area contributed by atoms with Crippen molar-refractivity contribution in [2.75, 3.05) is 5.32 Å². The van der Waals surface area contributed by atoms with Crippen molar-refractivity contribution in [1.29, 1.82) is 0 Å². The summed E-state index contributed by atoms with van der Waals surface area (Å²) >= 11 is 0. The predicted molar refractivity (Wildman–Crippen MR) is 110 cm³/mol. The van der Waals surface area contributed by atoms with Crippen molar-refractivity contribution >= 4 is 27.5 Å². The Morgan fingerprint density at radius 1 is 0.966 bits per heavy atom. The van der Waals surface area contributed by atoms with Gasteiger partial charge < -0.3 is 10.6 Å². The molecule has 4 rings (SSSR count). The molecule has 0 saturated heterocycles. The molecule has 1 atom stereocenters. The maximum atomic E-state index is 12.5. The zero-order chi connectivity index (χ0) is 20.4. The van der Waals surface area contributed by atoms with Crippen molar-refractivity contribution in [3.63, 3.8) is 0 Å². The summed E-state index contributed by atoms with van der Waals surface area (Å²) in [6, 6.07) is 17.0. The van der Waals surface area contributed by atoms with Crippen LogP contribution in [0.5, 0.6) is 0 Å². The Bertz CT molecular complexity index is 1190. The Kier molecular flexibility index (Phi) is 4.85. The van der Waals surface area contributed by atoms with Crippen LogP contribution in [-0.4, -0.2) is 25.1 Å². The molecule has 7 nitrogen and oxygen atoms in total. The fourth-order valence-electron chi connectivity index (χ4n) is 3.05. The molecule has 1 amide bonds. The second-order valence-electron chi connectivity index (χ2n) is 6.59. The fourth-order valence-corrected chi connectivity index (χ4v) is 4.23. The Morgan fingerprint density at radius 2 is 1.66 bits per heavy atom. The van der Waals surface area contributed by atoms with Crippen LogP contribution in [0.15, 0.2) is 82.4 Å². The third-order valence-corrected chi connectivity index (χ3v) is 5.93. The van der Waals surface area contributed by atoms with Gasteiger partial charge in [-0.1, -0.05) is 12.1 Å². The Balaban J connectivity index is 1.47. The van der Waals surface area contributed by atoms with Crippen LogP contribution in [0.3, 0.4) is 0 Å². The maximum absolute atomic E-state index is 12.5. The first-order chi connectivity index (χ1) is 13.9. The Hall–Kier alpha value is -3.52. The lowest BCUT2D eigenvalue weighted by molar-refractivity contribution is 0.0940. The van der Waals surface area contributed by atoms with Gasteiger partial charge in [0.25, 0.3) is 15.9 Å². The van der Waals surface area contributed by atoms with Gasteiger partial charge in [-0.3, -0.25) is 9.78 Å². The third-order valence-electron chi connectivity index (χ3n) is 4.60. The average molecular weight is 406 g/mol. The largest absolute Gasteiger partial charge is 0.346 e. The molecule has 0 spiro atoms. The normalized spacial score (nSPS) is 15.1. The summed E-state index contributed by atoms with van der Waals surface area (Å²) < 4.78 is 28.1. The minimum atomic E-state index is -3.68. The van der Waals surface area contributed by atoms with Crippen LogP contribution in [-0.2, 0) is 10.0 Å². The van der Waals surface area contributed by atoms with Crippen LogP contribution in [0.2, 0.25) is 0 Å². The summed E-state index contributed by atoms with van der Waals surface area (Å²) in [5.41, 5.74) is 2.62. The van der Waals surface area contributed by atoms with Crippen molar-refractivity contribution < 1.29 is 13.2 Å². The van der Waals surface area contributed by atoms with E-state index in [4.69, 9.17) is 0 Å². The zero-order valence-corrected chi connectivity index (χ0v) is 16.3. The highest BCUT2D eigenvalue weighted by atomic mass is 32.2. The highest BCUT2D eigenvalue weighted by molar-refractivity contribution is 7.90. The molecule has 8 heteroatoms. The number of anilines is 1. The van der Waals surface area contributed by atoms with Crippen molar-refractivity contribution in [2.45, 2.75) is 17.9 Å². The molecule has 0 aliphatic carbocycles. The quantitative estimate of drug-likeness (QED) is 0.693. The SMILES string of the molecule is CC(NC(=O)c1ccc(NC2=NS(=O)(=O)c3ccccc32)cc1)c1ccncc1. The van der Waals surface area contributed by atoms with Crippen LogP contribution in [0, 0.1) is 0 Å². The fraction of sp³-hybridized carbons (Fsp3) is 0.0952. The minimum absolute atomic E-state index is 0.155. The molecule has 1 aliphatic rings. The molecule has 1 aliphatic heterocycles. The van der Waals surface area contributed by atoms with Crippen molar-refractivity contribution in [1.82, 2.24) is 10.3 Å². The molecule has 146 valence electrons. The first-order valence-corrected chi connectivity index (χ1v) is 10.4.